The number of nitrogens with one attached hydrogen (secondary N) is 1. The summed E-state index contributed by atoms with van der Waals surface area (Å²) >= 11 is 0. The van der Waals surface area contributed by atoms with E-state index in [1.54, 1.807) is 6.07 Å². The van der Waals surface area contributed by atoms with Crippen molar-refractivity contribution in [2.45, 2.75) is 6.92 Å². The summed E-state index contributed by atoms with van der Waals surface area (Å²) in [6.45, 7) is 1.92. The third-order valence-corrected chi connectivity index (χ3v) is 2.86. The number of rotatable bonds is 3. The molecule has 2 rings (SSSR count). The topological polar surface area (TPSA) is 64.3 Å². The van der Waals surface area contributed by atoms with Gasteiger partial charge in [0.1, 0.15) is 11.6 Å². The maximum Gasteiger partial charge on any atom is 0.257 e. The quantitative estimate of drug-likeness (QED) is 0.846. The van der Waals surface area contributed by atoms with Crippen LogP contribution in [0.4, 0.5) is 15.8 Å². The van der Waals surface area contributed by atoms with Gasteiger partial charge in [0.25, 0.3) is 5.91 Å². The van der Waals surface area contributed by atoms with Crippen LogP contribution in [-0.4, -0.2) is 13.0 Å². The molecule has 20 heavy (non-hydrogen) atoms. The van der Waals surface area contributed by atoms with Crippen molar-refractivity contribution in [1.29, 1.82) is 0 Å². The first kappa shape index (κ1) is 13.9. The highest BCUT2D eigenvalue weighted by Crippen LogP contribution is 2.26. The Labute approximate surface area is 116 Å². The van der Waals surface area contributed by atoms with Crippen LogP contribution in [-0.2, 0) is 0 Å². The first-order chi connectivity index (χ1) is 9.51. The monoisotopic (exact) mass is 274 g/mol. The fourth-order valence-electron chi connectivity index (χ4n) is 1.83. The van der Waals surface area contributed by atoms with E-state index in [0.29, 0.717) is 11.4 Å². The predicted octanol–water partition coefficient (Wildman–Crippen LogP) is 2.98. The highest BCUT2D eigenvalue weighted by Gasteiger charge is 2.13. The van der Waals surface area contributed by atoms with E-state index >= 15 is 0 Å². The minimum Gasteiger partial charge on any atom is -0.495 e. The van der Waals surface area contributed by atoms with Gasteiger partial charge in [-0.2, -0.15) is 0 Å². The van der Waals surface area contributed by atoms with E-state index in [9.17, 15) is 9.18 Å². The van der Waals surface area contributed by atoms with Crippen LogP contribution in [0.2, 0.25) is 0 Å². The largest absolute Gasteiger partial charge is 0.495 e. The van der Waals surface area contributed by atoms with Gasteiger partial charge in [-0.05, 0) is 42.8 Å². The molecule has 104 valence electrons. The Morgan fingerprint density at radius 2 is 2.00 bits per heavy atom. The Morgan fingerprint density at radius 1 is 1.25 bits per heavy atom. The Morgan fingerprint density at radius 3 is 2.65 bits per heavy atom. The molecule has 0 atom stereocenters. The summed E-state index contributed by atoms with van der Waals surface area (Å²) in [4.78, 5) is 12.1. The van der Waals surface area contributed by atoms with Crippen molar-refractivity contribution in [2.24, 2.45) is 0 Å². The van der Waals surface area contributed by atoms with E-state index in [-0.39, 0.29) is 11.3 Å². The van der Waals surface area contributed by atoms with Gasteiger partial charge in [-0.25, -0.2) is 4.39 Å². The number of anilines is 2. The second-order valence-electron chi connectivity index (χ2n) is 4.39. The zero-order chi connectivity index (χ0) is 14.7. The number of halogens is 1. The highest BCUT2D eigenvalue weighted by molar-refractivity contribution is 6.08. The number of ether oxygens (including phenoxy) is 1. The molecule has 0 spiro atoms. The predicted molar refractivity (Wildman–Crippen MR) is 76.5 cm³/mol. The van der Waals surface area contributed by atoms with Gasteiger partial charge in [-0.1, -0.05) is 6.07 Å². The SMILES string of the molecule is COc1cc(C)ccc1NC(=O)c1ccc(F)cc1N. The number of methoxy groups -OCH3 is 1. The highest BCUT2D eigenvalue weighted by atomic mass is 19.1. The van der Waals surface area contributed by atoms with Gasteiger partial charge in [0.05, 0.1) is 18.4 Å². The molecule has 0 bridgehead atoms. The number of amides is 1. The number of hydrogen-bond donors (Lipinski definition) is 2. The van der Waals surface area contributed by atoms with Crippen LogP contribution in [0, 0.1) is 12.7 Å². The third-order valence-electron chi connectivity index (χ3n) is 2.86. The fraction of sp³-hybridized carbons (Fsp3) is 0.133. The molecule has 0 radical (unpaired) electrons. The van der Waals surface area contributed by atoms with Crippen LogP contribution in [0.15, 0.2) is 36.4 Å². The van der Waals surface area contributed by atoms with E-state index < -0.39 is 11.7 Å². The van der Waals surface area contributed by atoms with Crippen LogP contribution in [0.25, 0.3) is 0 Å². The molecule has 5 heteroatoms. The molecule has 0 aromatic heterocycles. The molecule has 0 unspecified atom stereocenters. The van der Waals surface area contributed by atoms with E-state index in [4.69, 9.17) is 10.5 Å². The average Bonchev–Trinajstić information content (AvgIpc) is 2.40. The van der Waals surface area contributed by atoms with Crippen LogP contribution in [0.1, 0.15) is 15.9 Å². The maximum absolute atomic E-state index is 13.0. The molecule has 2 aromatic carbocycles. The molecule has 0 aliphatic rings. The van der Waals surface area contributed by atoms with Gasteiger partial charge in [0, 0.05) is 5.69 Å². The number of carbonyl (C=O) groups is 1. The van der Waals surface area contributed by atoms with Crippen molar-refractivity contribution in [3.8, 4) is 5.75 Å². The van der Waals surface area contributed by atoms with Gasteiger partial charge in [0.15, 0.2) is 0 Å². The van der Waals surface area contributed by atoms with Crippen LogP contribution in [0.3, 0.4) is 0 Å². The lowest BCUT2D eigenvalue weighted by molar-refractivity contribution is 0.102. The Hall–Kier alpha value is -2.56. The van der Waals surface area contributed by atoms with Gasteiger partial charge < -0.3 is 15.8 Å². The summed E-state index contributed by atoms with van der Waals surface area (Å²) in [5.74, 6) is -0.337. The van der Waals surface area contributed by atoms with Crippen LogP contribution in [0.5, 0.6) is 5.75 Å². The molecule has 2 aromatic rings. The lowest BCUT2D eigenvalue weighted by atomic mass is 10.1. The Kier molecular flexibility index (Phi) is 3.89. The smallest absolute Gasteiger partial charge is 0.257 e. The normalized spacial score (nSPS) is 10.2. The lowest BCUT2D eigenvalue weighted by Crippen LogP contribution is -2.14. The molecule has 0 saturated carbocycles. The Bertz CT molecular complexity index is 656. The first-order valence-electron chi connectivity index (χ1n) is 6.02. The maximum atomic E-state index is 13.0. The van der Waals surface area contributed by atoms with E-state index in [1.165, 1.54) is 19.2 Å². The molecular weight excluding hydrogens is 259 g/mol. The van der Waals surface area contributed by atoms with E-state index in [0.717, 1.165) is 11.6 Å². The third kappa shape index (κ3) is 2.88. The zero-order valence-corrected chi connectivity index (χ0v) is 11.2. The number of hydrogen-bond acceptors (Lipinski definition) is 3. The number of nitrogens with two attached hydrogens (primary N) is 1. The second-order valence-corrected chi connectivity index (χ2v) is 4.39. The van der Waals surface area contributed by atoms with Crippen molar-refractivity contribution in [2.75, 3.05) is 18.2 Å². The number of aryl methyl sites for hydroxylation is 1. The molecule has 0 aliphatic heterocycles. The number of carbonyl (C=O) groups excluding carboxylic acids is 1. The van der Waals surface area contributed by atoms with Gasteiger partial charge in [0.2, 0.25) is 0 Å². The molecule has 0 fully saturated rings. The Balaban J connectivity index is 2.28. The number of nitrogen functional groups attached to an aromatic ring is 1. The zero-order valence-electron chi connectivity index (χ0n) is 11.2. The molecule has 4 nitrogen and oxygen atoms in total. The molecule has 1 amide bonds. The second kappa shape index (κ2) is 5.61. The van der Waals surface area contributed by atoms with Crippen molar-refractivity contribution in [3.05, 3.63) is 53.3 Å². The minimum atomic E-state index is -0.480. The van der Waals surface area contributed by atoms with Crippen molar-refractivity contribution in [1.82, 2.24) is 0 Å². The van der Waals surface area contributed by atoms with Gasteiger partial charge in [-0.3, -0.25) is 4.79 Å². The van der Waals surface area contributed by atoms with E-state index in [2.05, 4.69) is 5.32 Å². The lowest BCUT2D eigenvalue weighted by Gasteiger charge is -2.12. The fourth-order valence-corrected chi connectivity index (χ4v) is 1.83. The average molecular weight is 274 g/mol. The summed E-state index contributed by atoms with van der Waals surface area (Å²) < 4.78 is 18.2. The molecule has 0 saturated heterocycles. The van der Waals surface area contributed by atoms with Crippen LogP contribution >= 0.6 is 0 Å². The van der Waals surface area contributed by atoms with Crippen molar-refractivity contribution >= 4 is 17.3 Å². The first-order valence-corrected chi connectivity index (χ1v) is 6.02. The van der Waals surface area contributed by atoms with E-state index in [1.807, 2.05) is 19.1 Å². The van der Waals surface area contributed by atoms with Crippen LogP contribution < -0.4 is 15.8 Å². The molecular formula is C15H15FN2O2. The summed E-state index contributed by atoms with van der Waals surface area (Å²) in [5, 5.41) is 2.70. The van der Waals surface area contributed by atoms with Gasteiger partial charge in [-0.15, -0.1) is 0 Å². The summed E-state index contributed by atoms with van der Waals surface area (Å²) in [5.41, 5.74) is 7.50. The summed E-state index contributed by atoms with van der Waals surface area (Å²) in [7, 11) is 1.52. The van der Waals surface area contributed by atoms with Crippen molar-refractivity contribution in [3.63, 3.8) is 0 Å². The minimum absolute atomic E-state index is 0.0913. The summed E-state index contributed by atoms with van der Waals surface area (Å²) in [6, 6.07) is 9.06. The van der Waals surface area contributed by atoms with Gasteiger partial charge >= 0.3 is 0 Å². The summed E-state index contributed by atoms with van der Waals surface area (Å²) in [6.07, 6.45) is 0. The standard InChI is InChI=1S/C15H15FN2O2/c1-9-3-6-13(14(7-9)20-2)18-15(19)11-5-4-10(16)8-12(11)17/h3-8H,17H2,1-2H3,(H,18,19). The number of benzene rings is 2. The molecule has 0 aliphatic carbocycles. The van der Waals surface area contributed by atoms with Crippen molar-refractivity contribution < 1.29 is 13.9 Å². The molecule has 3 N–H and O–H groups in total. The molecule has 0 heterocycles.